The first-order chi connectivity index (χ1) is 7.98. The lowest BCUT2D eigenvalue weighted by Gasteiger charge is -2.46. The second kappa shape index (κ2) is 4.36. The van der Waals surface area contributed by atoms with E-state index in [-0.39, 0.29) is 10.4 Å². The smallest absolute Gasteiger partial charge is 0.244 e. The molecule has 0 aliphatic carbocycles. The summed E-state index contributed by atoms with van der Waals surface area (Å²) in [5, 5.41) is 0. The maximum atomic E-state index is 12.1. The Morgan fingerprint density at radius 3 is 2.76 bits per heavy atom. The van der Waals surface area contributed by atoms with Gasteiger partial charge in [0.2, 0.25) is 10.0 Å². The van der Waals surface area contributed by atoms with Crippen LogP contribution in [-0.4, -0.2) is 36.3 Å². The Labute approximate surface area is 102 Å². The summed E-state index contributed by atoms with van der Waals surface area (Å²) < 4.78 is 25.7. The zero-order valence-electron chi connectivity index (χ0n) is 9.83. The summed E-state index contributed by atoms with van der Waals surface area (Å²) in [5.41, 5.74) is 5.71. The Bertz CT molecular complexity index is 481. The van der Waals surface area contributed by atoms with Gasteiger partial charge in [0.05, 0.1) is 0 Å². The largest absolute Gasteiger partial charge is 0.323 e. The van der Waals surface area contributed by atoms with Crippen LogP contribution >= 0.6 is 0 Å². The number of nitrogens with two attached hydrogens (primary N) is 1. The first-order valence-corrected chi connectivity index (χ1v) is 7.11. The fraction of sp³-hybridized carbons (Fsp3) is 0.545. The number of hydrogen-bond acceptors (Lipinski definition) is 4. The predicted octanol–water partition coefficient (Wildman–Crippen LogP) is 0.583. The summed E-state index contributed by atoms with van der Waals surface area (Å²) in [6, 6.07) is 3.17. The summed E-state index contributed by atoms with van der Waals surface area (Å²) in [7, 11) is -3.40. The molecule has 1 aromatic rings. The molecule has 6 heteroatoms. The Morgan fingerprint density at radius 1 is 1.53 bits per heavy atom. The molecule has 0 radical (unpaired) electrons. The normalized spacial score (nSPS) is 19.9. The van der Waals surface area contributed by atoms with Gasteiger partial charge in [-0.3, -0.25) is 4.98 Å². The zero-order chi connectivity index (χ0) is 12.5. The van der Waals surface area contributed by atoms with E-state index in [2.05, 4.69) is 4.98 Å². The van der Waals surface area contributed by atoms with Gasteiger partial charge in [0.25, 0.3) is 0 Å². The van der Waals surface area contributed by atoms with Crippen LogP contribution in [0, 0.1) is 0 Å². The third-order valence-corrected chi connectivity index (χ3v) is 4.78. The van der Waals surface area contributed by atoms with E-state index in [9.17, 15) is 8.42 Å². The molecular weight excluding hydrogens is 238 g/mol. The fourth-order valence-corrected chi connectivity index (χ4v) is 3.73. The average Bonchev–Trinajstić information content (AvgIpc) is 2.27. The van der Waals surface area contributed by atoms with Gasteiger partial charge >= 0.3 is 0 Å². The van der Waals surface area contributed by atoms with Crippen molar-refractivity contribution >= 4 is 10.0 Å². The number of rotatable bonds is 4. The molecule has 0 atom stereocenters. The van der Waals surface area contributed by atoms with Crippen LogP contribution in [0.1, 0.15) is 19.8 Å². The Hall–Kier alpha value is -0.980. The van der Waals surface area contributed by atoms with Crippen molar-refractivity contribution in [3.05, 3.63) is 24.5 Å². The highest BCUT2D eigenvalue weighted by Crippen LogP contribution is 2.28. The third-order valence-electron chi connectivity index (χ3n) is 3.00. The van der Waals surface area contributed by atoms with E-state index >= 15 is 0 Å². The molecule has 17 heavy (non-hydrogen) atoms. The van der Waals surface area contributed by atoms with Crippen LogP contribution in [0.3, 0.4) is 0 Å². The molecule has 2 N–H and O–H groups in total. The second-order valence-corrected chi connectivity index (χ2v) is 6.51. The average molecular weight is 255 g/mol. The standard InChI is InChI=1S/C11H17N3O2S/c1-2-5-11(12)8-14(9-11)17(15,16)10-4-3-6-13-7-10/h3-4,6-7H,2,5,8-9,12H2,1H3. The monoisotopic (exact) mass is 255 g/mol. The van der Waals surface area contributed by atoms with Crippen molar-refractivity contribution < 1.29 is 8.42 Å². The van der Waals surface area contributed by atoms with E-state index in [1.807, 2.05) is 6.92 Å². The van der Waals surface area contributed by atoms with Gasteiger partial charge in [-0.15, -0.1) is 0 Å². The van der Waals surface area contributed by atoms with E-state index in [0.717, 1.165) is 12.8 Å². The molecule has 0 spiro atoms. The Morgan fingerprint density at radius 2 is 2.24 bits per heavy atom. The third kappa shape index (κ3) is 2.34. The number of aromatic nitrogens is 1. The van der Waals surface area contributed by atoms with E-state index in [4.69, 9.17) is 5.73 Å². The van der Waals surface area contributed by atoms with E-state index in [1.54, 1.807) is 18.3 Å². The molecule has 1 aliphatic heterocycles. The molecular formula is C11H17N3O2S. The van der Waals surface area contributed by atoms with Gasteiger partial charge in [0.15, 0.2) is 0 Å². The van der Waals surface area contributed by atoms with Crippen molar-refractivity contribution in [1.29, 1.82) is 0 Å². The van der Waals surface area contributed by atoms with Crippen molar-refractivity contribution in [3.63, 3.8) is 0 Å². The van der Waals surface area contributed by atoms with E-state index < -0.39 is 10.0 Å². The molecule has 0 saturated carbocycles. The Balaban J connectivity index is 2.11. The van der Waals surface area contributed by atoms with Crippen LogP contribution in [0.25, 0.3) is 0 Å². The highest BCUT2D eigenvalue weighted by atomic mass is 32.2. The fourth-order valence-electron chi connectivity index (χ4n) is 2.13. The molecule has 1 aromatic heterocycles. The molecule has 0 unspecified atom stereocenters. The molecule has 2 heterocycles. The Kier molecular flexibility index (Phi) is 3.20. The van der Waals surface area contributed by atoms with Crippen molar-refractivity contribution in [3.8, 4) is 0 Å². The molecule has 0 aromatic carbocycles. The van der Waals surface area contributed by atoms with Gasteiger partial charge in [-0.1, -0.05) is 13.3 Å². The highest BCUT2D eigenvalue weighted by molar-refractivity contribution is 7.89. The summed E-state index contributed by atoms with van der Waals surface area (Å²) in [4.78, 5) is 4.06. The van der Waals surface area contributed by atoms with E-state index in [1.165, 1.54) is 10.5 Å². The maximum Gasteiger partial charge on any atom is 0.244 e. The number of nitrogens with zero attached hydrogens (tertiary/aromatic N) is 2. The molecule has 1 aliphatic rings. The topological polar surface area (TPSA) is 76.3 Å². The zero-order valence-corrected chi connectivity index (χ0v) is 10.7. The minimum absolute atomic E-state index is 0.235. The quantitative estimate of drug-likeness (QED) is 0.854. The minimum Gasteiger partial charge on any atom is -0.323 e. The molecule has 1 fully saturated rings. The first kappa shape index (κ1) is 12.5. The highest BCUT2D eigenvalue weighted by Gasteiger charge is 2.45. The van der Waals surface area contributed by atoms with Gasteiger partial charge < -0.3 is 5.73 Å². The van der Waals surface area contributed by atoms with Gasteiger partial charge in [0, 0.05) is 31.0 Å². The van der Waals surface area contributed by atoms with Crippen LogP contribution in [-0.2, 0) is 10.0 Å². The van der Waals surface area contributed by atoms with Crippen LogP contribution in [0.15, 0.2) is 29.4 Å². The lowest BCUT2D eigenvalue weighted by molar-refractivity contribution is 0.147. The summed E-state index contributed by atoms with van der Waals surface area (Å²) in [6.45, 7) is 2.85. The first-order valence-electron chi connectivity index (χ1n) is 5.67. The lowest BCUT2D eigenvalue weighted by Crippen LogP contribution is -2.68. The maximum absolute atomic E-state index is 12.1. The SMILES string of the molecule is CCCC1(N)CN(S(=O)(=O)c2cccnc2)C1. The predicted molar refractivity (Wildman–Crippen MR) is 64.8 cm³/mol. The van der Waals surface area contributed by atoms with Crippen LogP contribution < -0.4 is 5.73 Å². The van der Waals surface area contributed by atoms with Gasteiger partial charge in [-0.05, 0) is 18.6 Å². The molecule has 2 rings (SSSR count). The number of pyridine rings is 1. The van der Waals surface area contributed by atoms with Crippen molar-refractivity contribution in [2.24, 2.45) is 5.73 Å². The van der Waals surface area contributed by atoms with E-state index in [0.29, 0.717) is 13.1 Å². The summed E-state index contributed by atoms with van der Waals surface area (Å²) in [5.74, 6) is 0. The van der Waals surface area contributed by atoms with Gasteiger partial charge in [-0.2, -0.15) is 4.31 Å². The molecule has 5 nitrogen and oxygen atoms in total. The molecule has 0 amide bonds. The van der Waals surface area contributed by atoms with Crippen molar-refractivity contribution in [1.82, 2.24) is 9.29 Å². The van der Waals surface area contributed by atoms with Crippen LogP contribution in [0.5, 0.6) is 0 Å². The molecule has 94 valence electrons. The van der Waals surface area contributed by atoms with Crippen LogP contribution in [0.2, 0.25) is 0 Å². The van der Waals surface area contributed by atoms with Gasteiger partial charge in [0.1, 0.15) is 4.90 Å². The van der Waals surface area contributed by atoms with Crippen molar-refractivity contribution in [2.45, 2.75) is 30.2 Å². The summed E-state index contributed by atoms with van der Waals surface area (Å²) in [6.07, 6.45) is 4.74. The van der Waals surface area contributed by atoms with Crippen molar-refractivity contribution in [2.75, 3.05) is 13.1 Å². The summed E-state index contributed by atoms with van der Waals surface area (Å²) >= 11 is 0. The van der Waals surface area contributed by atoms with Gasteiger partial charge in [-0.25, -0.2) is 8.42 Å². The molecule has 1 saturated heterocycles. The van der Waals surface area contributed by atoms with Crippen LogP contribution in [0.4, 0.5) is 0 Å². The minimum atomic E-state index is -3.40. The number of hydrogen-bond donors (Lipinski definition) is 1. The second-order valence-electron chi connectivity index (χ2n) is 4.57. The number of sulfonamides is 1. The lowest BCUT2D eigenvalue weighted by atomic mass is 9.89. The molecule has 0 bridgehead atoms.